The van der Waals surface area contributed by atoms with Crippen molar-refractivity contribution in [2.45, 2.75) is 13.5 Å². The summed E-state index contributed by atoms with van der Waals surface area (Å²) in [5, 5.41) is 4.44. The van der Waals surface area contributed by atoms with Crippen LogP contribution in [0, 0.1) is 12.7 Å². The van der Waals surface area contributed by atoms with Crippen molar-refractivity contribution in [1.29, 1.82) is 0 Å². The second kappa shape index (κ2) is 5.63. The predicted molar refractivity (Wildman–Crippen MR) is 71.9 cm³/mol. The molecule has 0 fully saturated rings. The Morgan fingerprint density at radius 1 is 1.33 bits per heavy atom. The fraction of sp³-hybridized carbons (Fsp3) is 0.308. The molecule has 0 N–H and O–H groups in total. The van der Waals surface area contributed by atoms with Crippen LogP contribution < -0.4 is 0 Å². The van der Waals surface area contributed by atoms with Crippen molar-refractivity contribution in [3.8, 4) is 11.3 Å². The summed E-state index contributed by atoms with van der Waals surface area (Å²) in [7, 11) is 1.66. The Morgan fingerprint density at radius 3 is 2.61 bits per heavy atom. The molecule has 0 saturated heterocycles. The first kappa shape index (κ1) is 13.2. The SMILES string of the molecule is COCCn1nc(C)c(Br)c1-c1ccc(F)cc1. The third-order valence-electron chi connectivity index (χ3n) is 2.68. The molecule has 2 rings (SSSR count). The Kier molecular flexibility index (Phi) is 4.14. The van der Waals surface area contributed by atoms with Crippen LogP contribution in [0.5, 0.6) is 0 Å². The number of methoxy groups -OCH3 is 1. The Labute approximate surface area is 114 Å². The minimum Gasteiger partial charge on any atom is -0.383 e. The molecule has 0 spiro atoms. The van der Waals surface area contributed by atoms with Gasteiger partial charge in [-0.05, 0) is 47.1 Å². The van der Waals surface area contributed by atoms with E-state index in [0.29, 0.717) is 13.2 Å². The minimum atomic E-state index is -0.241. The molecule has 0 unspecified atom stereocenters. The maximum absolute atomic E-state index is 13.0. The zero-order valence-electron chi connectivity index (χ0n) is 10.3. The summed E-state index contributed by atoms with van der Waals surface area (Å²) in [5.41, 5.74) is 2.79. The monoisotopic (exact) mass is 312 g/mol. The van der Waals surface area contributed by atoms with E-state index in [1.54, 1.807) is 19.2 Å². The van der Waals surface area contributed by atoms with Gasteiger partial charge in [-0.2, -0.15) is 5.10 Å². The molecule has 0 aliphatic carbocycles. The number of rotatable bonds is 4. The molecule has 2 aromatic rings. The molecule has 0 saturated carbocycles. The highest BCUT2D eigenvalue weighted by Crippen LogP contribution is 2.30. The van der Waals surface area contributed by atoms with Crippen LogP contribution in [0.25, 0.3) is 11.3 Å². The van der Waals surface area contributed by atoms with Gasteiger partial charge in [0, 0.05) is 12.7 Å². The first-order valence-corrected chi connectivity index (χ1v) is 6.40. The summed E-state index contributed by atoms with van der Waals surface area (Å²) < 4.78 is 20.8. The Balaban J connectivity index is 2.44. The Bertz CT molecular complexity index is 537. The zero-order valence-corrected chi connectivity index (χ0v) is 11.9. The zero-order chi connectivity index (χ0) is 13.1. The third-order valence-corrected chi connectivity index (χ3v) is 3.63. The molecule has 0 radical (unpaired) electrons. The molecule has 0 bridgehead atoms. The van der Waals surface area contributed by atoms with Crippen molar-refractivity contribution in [3.63, 3.8) is 0 Å². The maximum atomic E-state index is 13.0. The molecule has 0 atom stereocenters. The lowest BCUT2D eigenvalue weighted by atomic mass is 10.1. The first-order chi connectivity index (χ1) is 8.63. The fourth-order valence-electron chi connectivity index (χ4n) is 1.78. The van der Waals surface area contributed by atoms with Crippen LogP contribution in [-0.2, 0) is 11.3 Å². The van der Waals surface area contributed by atoms with Crippen LogP contribution in [0.2, 0.25) is 0 Å². The van der Waals surface area contributed by atoms with Crippen LogP contribution >= 0.6 is 15.9 Å². The summed E-state index contributed by atoms with van der Waals surface area (Å²) >= 11 is 3.53. The summed E-state index contributed by atoms with van der Waals surface area (Å²) in [4.78, 5) is 0. The molecule has 5 heteroatoms. The number of nitrogens with zero attached hydrogens (tertiary/aromatic N) is 2. The number of hydrogen-bond acceptors (Lipinski definition) is 2. The molecule has 0 amide bonds. The summed E-state index contributed by atoms with van der Waals surface area (Å²) in [6.07, 6.45) is 0. The van der Waals surface area contributed by atoms with Crippen molar-refractivity contribution in [2.24, 2.45) is 0 Å². The van der Waals surface area contributed by atoms with E-state index in [0.717, 1.165) is 21.4 Å². The van der Waals surface area contributed by atoms with E-state index in [1.807, 2.05) is 11.6 Å². The minimum absolute atomic E-state index is 0.241. The van der Waals surface area contributed by atoms with Crippen molar-refractivity contribution in [3.05, 3.63) is 40.2 Å². The van der Waals surface area contributed by atoms with Gasteiger partial charge >= 0.3 is 0 Å². The van der Waals surface area contributed by atoms with E-state index >= 15 is 0 Å². The average molecular weight is 313 g/mol. The van der Waals surface area contributed by atoms with Crippen LogP contribution in [0.3, 0.4) is 0 Å². The molecule has 0 aliphatic heterocycles. The topological polar surface area (TPSA) is 27.1 Å². The highest BCUT2D eigenvalue weighted by atomic mass is 79.9. The van der Waals surface area contributed by atoms with Gasteiger partial charge in [0.1, 0.15) is 5.82 Å². The van der Waals surface area contributed by atoms with Gasteiger partial charge < -0.3 is 4.74 Å². The molecule has 1 aromatic carbocycles. The number of halogens is 2. The van der Waals surface area contributed by atoms with Crippen molar-refractivity contribution < 1.29 is 9.13 Å². The van der Waals surface area contributed by atoms with Gasteiger partial charge in [-0.15, -0.1) is 0 Å². The molecular weight excluding hydrogens is 299 g/mol. The van der Waals surface area contributed by atoms with Crippen LogP contribution in [-0.4, -0.2) is 23.5 Å². The van der Waals surface area contributed by atoms with E-state index in [2.05, 4.69) is 21.0 Å². The van der Waals surface area contributed by atoms with E-state index < -0.39 is 0 Å². The normalized spacial score (nSPS) is 10.9. The lowest BCUT2D eigenvalue weighted by molar-refractivity contribution is 0.184. The molecule has 96 valence electrons. The molecule has 1 aromatic heterocycles. The van der Waals surface area contributed by atoms with Crippen LogP contribution in [0.15, 0.2) is 28.7 Å². The number of ether oxygens (including phenoxy) is 1. The molecule has 1 heterocycles. The molecule has 0 aliphatic rings. The van der Waals surface area contributed by atoms with Crippen molar-refractivity contribution in [1.82, 2.24) is 9.78 Å². The quantitative estimate of drug-likeness (QED) is 0.865. The number of benzene rings is 1. The molecule has 18 heavy (non-hydrogen) atoms. The van der Waals surface area contributed by atoms with Gasteiger partial charge in [0.15, 0.2) is 0 Å². The second-order valence-corrected chi connectivity index (χ2v) is 4.76. The summed E-state index contributed by atoms with van der Waals surface area (Å²) in [5.74, 6) is -0.241. The lowest BCUT2D eigenvalue weighted by Crippen LogP contribution is -2.07. The molecular formula is C13H14BrFN2O. The van der Waals surface area contributed by atoms with Crippen LogP contribution in [0.4, 0.5) is 4.39 Å². The van der Waals surface area contributed by atoms with Gasteiger partial charge in [-0.1, -0.05) is 0 Å². The highest BCUT2D eigenvalue weighted by molar-refractivity contribution is 9.10. The van der Waals surface area contributed by atoms with Gasteiger partial charge in [0.25, 0.3) is 0 Å². The molecule has 3 nitrogen and oxygen atoms in total. The van der Waals surface area contributed by atoms with E-state index in [9.17, 15) is 4.39 Å². The standard InChI is InChI=1S/C13H14BrFN2O/c1-9-12(14)13(17(16-9)7-8-18-2)10-3-5-11(15)6-4-10/h3-6H,7-8H2,1-2H3. The first-order valence-electron chi connectivity index (χ1n) is 5.61. The second-order valence-electron chi connectivity index (χ2n) is 3.97. The largest absolute Gasteiger partial charge is 0.383 e. The Morgan fingerprint density at radius 2 is 2.00 bits per heavy atom. The van der Waals surface area contributed by atoms with Crippen molar-refractivity contribution in [2.75, 3.05) is 13.7 Å². The van der Waals surface area contributed by atoms with Crippen LogP contribution in [0.1, 0.15) is 5.69 Å². The number of hydrogen-bond donors (Lipinski definition) is 0. The van der Waals surface area contributed by atoms with Gasteiger partial charge in [-0.25, -0.2) is 4.39 Å². The fourth-order valence-corrected chi connectivity index (χ4v) is 2.30. The number of aromatic nitrogens is 2. The lowest BCUT2D eigenvalue weighted by Gasteiger charge is -2.07. The van der Waals surface area contributed by atoms with Gasteiger partial charge in [0.2, 0.25) is 0 Å². The third kappa shape index (κ3) is 2.62. The number of aryl methyl sites for hydroxylation is 1. The highest BCUT2D eigenvalue weighted by Gasteiger charge is 2.14. The smallest absolute Gasteiger partial charge is 0.123 e. The van der Waals surface area contributed by atoms with Gasteiger partial charge in [0.05, 0.1) is 29.0 Å². The summed E-state index contributed by atoms with van der Waals surface area (Å²) in [6, 6.07) is 6.40. The van der Waals surface area contributed by atoms with E-state index in [1.165, 1.54) is 12.1 Å². The Hall–Kier alpha value is -1.20. The maximum Gasteiger partial charge on any atom is 0.123 e. The predicted octanol–water partition coefficient (Wildman–Crippen LogP) is 3.41. The average Bonchev–Trinajstić information content (AvgIpc) is 2.64. The van der Waals surface area contributed by atoms with Gasteiger partial charge in [-0.3, -0.25) is 4.68 Å². The van der Waals surface area contributed by atoms with E-state index in [4.69, 9.17) is 4.74 Å². The van der Waals surface area contributed by atoms with E-state index in [-0.39, 0.29) is 5.82 Å². The van der Waals surface area contributed by atoms with Crippen molar-refractivity contribution >= 4 is 15.9 Å². The summed E-state index contributed by atoms with van der Waals surface area (Å²) in [6.45, 7) is 3.18.